The van der Waals surface area contributed by atoms with Crippen LogP contribution in [0, 0.1) is 0 Å². The summed E-state index contributed by atoms with van der Waals surface area (Å²) in [5.74, 6) is 1.24. The molecule has 2 rings (SSSR count). The molecule has 0 unspecified atom stereocenters. The average Bonchev–Trinajstić information content (AvgIpc) is 2.41. The third-order valence-electron chi connectivity index (χ3n) is 2.91. The molecule has 0 N–H and O–H groups in total. The quantitative estimate of drug-likeness (QED) is 0.828. The van der Waals surface area contributed by atoms with E-state index in [9.17, 15) is 4.79 Å². The second-order valence-corrected chi connectivity index (χ2v) is 3.79. The molecule has 5 nitrogen and oxygen atoms in total. The second kappa shape index (κ2) is 4.60. The zero-order chi connectivity index (χ0) is 13.3. The lowest BCUT2D eigenvalue weighted by Crippen LogP contribution is -2.20. The maximum absolute atomic E-state index is 12.2. The molecule has 0 radical (unpaired) electrons. The minimum absolute atomic E-state index is 0.195. The van der Waals surface area contributed by atoms with E-state index in [1.165, 1.54) is 18.8 Å². The smallest absolute Gasteiger partial charge is 0.297 e. The Labute approximate surface area is 105 Å². The van der Waals surface area contributed by atoms with Crippen molar-refractivity contribution in [1.82, 2.24) is 4.57 Å². The first-order valence-corrected chi connectivity index (χ1v) is 5.43. The van der Waals surface area contributed by atoms with Crippen molar-refractivity contribution < 1.29 is 14.2 Å². The summed E-state index contributed by atoms with van der Waals surface area (Å²) in [7, 11) is 6.20. The Morgan fingerprint density at radius 3 is 2.22 bits per heavy atom. The molecule has 1 heterocycles. The number of pyridine rings is 1. The number of nitrogens with zero attached hydrogens (tertiary/aromatic N) is 1. The molecule has 0 aliphatic rings. The molecule has 1 aromatic heterocycles. The maximum atomic E-state index is 12.2. The van der Waals surface area contributed by atoms with Crippen molar-refractivity contribution in [2.45, 2.75) is 0 Å². The molecule has 5 heteroatoms. The zero-order valence-electron chi connectivity index (χ0n) is 10.8. The van der Waals surface area contributed by atoms with Gasteiger partial charge >= 0.3 is 0 Å². The zero-order valence-corrected chi connectivity index (χ0v) is 10.8. The summed E-state index contributed by atoms with van der Waals surface area (Å²) in [6, 6.07) is 5.50. The van der Waals surface area contributed by atoms with Gasteiger partial charge in [0, 0.05) is 12.4 Å². The van der Waals surface area contributed by atoms with Gasteiger partial charge in [0.25, 0.3) is 5.56 Å². The van der Waals surface area contributed by atoms with Crippen molar-refractivity contribution in [3.05, 3.63) is 28.6 Å². The predicted octanol–water partition coefficient (Wildman–Crippen LogP) is 1.56. The summed E-state index contributed by atoms with van der Waals surface area (Å²) in [5, 5.41) is 0.774. The number of fused-ring (bicyclic) bond motifs is 1. The topological polar surface area (TPSA) is 49.7 Å². The molecule has 0 aliphatic carbocycles. The highest BCUT2D eigenvalue weighted by Crippen LogP contribution is 2.35. The van der Waals surface area contributed by atoms with Gasteiger partial charge in [-0.1, -0.05) is 6.07 Å². The van der Waals surface area contributed by atoms with Gasteiger partial charge in [-0.05, 0) is 12.1 Å². The largest absolute Gasteiger partial charge is 0.495 e. The normalized spacial score (nSPS) is 10.4. The van der Waals surface area contributed by atoms with Gasteiger partial charge in [-0.15, -0.1) is 0 Å². The average molecular weight is 249 g/mol. The number of hydrogen-bond acceptors (Lipinski definition) is 4. The molecule has 0 spiro atoms. The lowest BCUT2D eigenvalue weighted by molar-refractivity contribution is 0.351. The van der Waals surface area contributed by atoms with E-state index < -0.39 is 0 Å². The molecule has 0 saturated carbocycles. The fourth-order valence-corrected chi connectivity index (χ4v) is 2.07. The van der Waals surface area contributed by atoms with Crippen LogP contribution in [0.1, 0.15) is 0 Å². The van der Waals surface area contributed by atoms with Crippen molar-refractivity contribution in [3.8, 4) is 17.2 Å². The first-order chi connectivity index (χ1) is 8.65. The van der Waals surface area contributed by atoms with Crippen molar-refractivity contribution in [3.63, 3.8) is 0 Å². The summed E-state index contributed by atoms with van der Waals surface area (Å²) in [6.07, 6.45) is 0. The lowest BCUT2D eigenvalue weighted by atomic mass is 10.1. The lowest BCUT2D eigenvalue weighted by Gasteiger charge is -2.15. The number of aromatic nitrogens is 1. The predicted molar refractivity (Wildman–Crippen MR) is 68.8 cm³/mol. The Hall–Kier alpha value is -2.17. The summed E-state index contributed by atoms with van der Waals surface area (Å²) in [5.41, 5.74) is 0.425. The molecule has 0 bridgehead atoms. The minimum atomic E-state index is -0.258. The van der Waals surface area contributed by atoms with E-state index in [0.717, 1.165) is 5.39 Å². The van der Waals surface area contributed by atoms with Gasteiger partial charge in [-0.3, -0.25) is 4.79 Å². The summed E-state index contributed by atoms with van der Waals surface area (Å²) in [6.45, 7) is 0. The third-order valence-corrected chi connectivity index (χ3v) is 2.91. The highest BCUT2D eigenvalue weighted by Gasteiger charge is 2.18. The van der Waals surface area contributed by atoms with Gasteiger partial charge in [0.1, 0.15) is 5.75 Å². The molecular weight excluding hydrogens is 234 g/mol. The van der Waals surface area contributed by atoms with E-state index >= 15 is 0 Å². The van der Waals surface area contributed by atoms with Crippen molar-refractivity contribution in [2.75, 3.05) is 21.3 Å². The van der Waals surface area contributed by atoms with Crippen LogP contribution in [0.4, 0.5) is 0 Å². The van der Waals surface area contributed by atoms with Crippen LogP contribution in [0.25, 0.3) is 10.9 Å². The molecule has 0 saturated heterocycles. The van der Waals surface area contributed by atoms with E-state index in [1.807, 2.05) is 12.1 Å². The SMILES string of the molecule is COc1c(OC)c2cccc(OC)c2n(C)c1=O. The van der Waals surface area contributed by atoms with Gasteiger partial charge in [0.2, 0.25) is 5.75 Å². The number of rotatable bonds is 3. The van der Waals surface area contributed by atoms with Crippen molar-refractivity contribution in [2.24, 2.45) is 7.05 Å². The Morgan fingerprint density at radius 1 is 1.00 bits per heavy atom. The number of methoxy groups -OCH3 is 3. The summed E-state index contributed by atoms with van der Waals surface area (Å²) < 4.78 is 17.2. The third kappa shape index (κ3) is 1.59. The van der Waals surface area contributed by atoms with Gasteiger partial charge in [-0.25, -0.2) is 0 Å². The van der Waals surface area contributed by atoms with Crippen LogP contribution < -0.4 is 19.8 Å². The van der Waals surface area contributed by atoms with E-state index in [0.29, 0.717) is 17.0 Å². The first-order valence-electron chi connectivity index (χ1n) is 5.43. The number of ether oxygens (including phenoxy) is 3. The standard InChI is InChI=1S/C13H15NO4/c1-14-10-8(6-5-7-9(10)16-2)11(17-3)12(18-4)13(14)15/h5-7H,1-4H3. The van der Waals surface area contributed by atoms with E-state index in [-0.39, 0.29) is 11.3 Å². The molecule has 0 atom stereocenters. The Bertz CT molecular complexity index is 645. The summed E-state index contributed by atoms with van der Waals surface area (Å²) in [4.78, 5) is 12.2. The van der Waals surface area contributed by atoms with E-state index in [2.05, 4.69) is 0 Å². The molecule has 0 amide bonds. The van der Waals surface area contributed by atoms with Crippen LogP contribution in [-0.2, 0) is 7.05 Å². The molecule has 0 aliphatic heterocycles. The van der Waals surface area contributed by atoms with Crippen LogP contribution in [0.3, 0.4) is 0 Å². The molecule has 1 aromatic carbocycles. The van der Waals surface area contributed by atoms with E-state index in [4.69, 9.17) is 14.2 Å². The number of para-hydroxylation sites is 1. The number of aryl methyl sites for hydroxylation is 1. The van der Waals surface area contributed by atoms with Gasteiger partial charge in [0.05, 0.1) is 26.8 Å². The highest BCUT2D eigenvalue weighted by molar-refractivity contribution is 5.92. The number of hydrogen-bond donors (Lipinski definition) is 0. The number of benzene rings is 1. The maximum Gasteiger partial charge on any atom is 0.297 e. The van der Waals surface area contributed by atoms with Crippen molar-refractivity contribution >= 4 is 10.9 Å². The summed E-state index contributed by atoms with van der Waals surface area (Å²) >= 11 is 0. The van der Waals surface area contributed by atoms with Crippen LogP contribution in [0.2, 0.25) is 0 Å². The Balaban J connectivity index is 3.03. The fourth-order valence-electron chi connectivity index (χ4n) is 2.07. The van der Waals surface area contributed by atoms with Gasteiger partial charge in [0.15, 0.2) is 5.75 Å². The fraction of sp³-hybridized carbons (Fsp3) is 0.308. The van der Waals surface area contributed by atoms with Crippen molar-refractivity contribution in [1.29, 1.82) is 0 Å². The molecule has 96 valence electrons. The molecular formula is C13H15NO4. The van der Waals surface area contributed by atoms with Crippen LogP contribution in [0.15, 0.2) is 23.0 Å². The minimum Gasteiger partial charge on any atom is -0.495 e. The Morgan fingerprint density at radius 2 is 1.67 bits per heavy atom. The second-order valence-electron chi connectivity index (χ2n) is 3.79. The monoisotopic (exact) mass is 249 g/mol. The van der Waals surface area contributed by atoms with Crippen LogP contribution in [-0.4, -0.2) is 25.9 Å². The molecule has 18 heavy (non-hydrogen) atoms. The molecule has 0 fully saturated rings. The van der Waals surface area contributed by atoms with Gasteiger partial charge < -0.3 is 18.8 Å². The molecule has 2 aromatic rings. The van der Waals surface area contributed by atoms with Crippen LogP contribution in [0.5, 0.6) is 17.2 Å². The van der Waals surface area contributed by atoms with Gasteiger partial charge in [-0.2, -0.15) is 0 Å². The van der Waals surface area contributed by atoms with E-state index in [1.54, 1.807) is 20.2 Å². The van der Waals surface area contributed by atoms with Crippen LogP contribution >= 0.6 is 0 Å². The Kier molecular flexibility index (Phi) is 3.14. The first kappa shape index (κ1) is 12.3. The highest BCUT2D eigenvalue weighted by atomic mass is 16.5.